The monoisotopic (exact) mass is 324 g/mol. The largest absolute Gasteiger partial charge is 0.370 e. The molecule has 1 aliphatic rings. The van der Waals surface area contributed by atoms with E-state index in [1.54, 1.807) is 0 Å². The van der Waals surface area contributed by atoms with Gasteiger partial charge in [-0.05, 0) is 43.4 Å². The van der Waals surface area contributed by atoms with Gasteiger partial charge in [0.15, 0.2) is 5.96 Å². The fraction of sp³-hybridized carbons (Fsp3) is 0.533. The van der Waals surface area contributed by atoms with Crippen LogP contribution in [0.15, 0.2) is 29.3 Å². The van der Waals surface area contributed by atoms with Crippen LogP contribution in [0.2, 0.25) is 0 Å². The zero-order valence-electron chi connectivity index (χ0n) is 13.1. The maximum Gasteiger partial charge on any atom is 0.211 e. The first-order valence-electron chi connectivity index (χ1n) is 7.43. The number of piperidine rings is 1. The van der Waals surface area contributed by atoms with E-state index in [0.29, 0.717) is 31.5 Å². The molecule has 0 aromatic heterocycles. The van der Waals surface area contributed by atoms with Crippen molar-refractivity contribution in [1.82, 2.24) is 4.31 Å². The molecule has 2 rings (SSSR count). The van der Waals surface area contributed by atoms with Gasteiger partial charge in [0.25, 0.3) is 0 Å². The lowest BCUT2D eigenvalue weighted by Gasteiger charge is -2.29. The SMILES string of the molecule is Cc1cccc(NC(N)=NCC2CCN(S(C)(=O)=O)CC2)c1. The Morgan fingerprint density at radius 2 is 2.09 bits per heavy atom. The van der Waals surface area contributed by atoms with Gasteiger partial charge in [0.05, 0.1) is 6.26 Å². The third-order valence-corrected chi connectivity index (χ3v) is 5.16. The molecular formula is C15H24N4O2S. The van der Waals surface area contributed by atoms with Crippen LogP contribution in [0, 0.1) is 12.8 Å². The van der Waals surface area contributed by atoms with Gasteiger partial charge in [-0.3, -0.25) is 4.99 Å². The Labute approximate surface area is 132 Å². The maximum atomic E-state index is 11.5. The van der Waals surface area contributed by atoms with E-state index in [2.05, 4.69) is 10.3 Å². The summed E-state index contributed by atoms with van der Waals surface area (Å²) < 4.78 is 24.4. The Morgan fingerprint density at radius 1 is 1.41 bits per heavy atom. The molecule has 1 aromatic rings. The maximum absolute atomic E-state index is 11.5. The topological polar surface area (TPSA) is 87.8 Å². The summed E-state index contributed by atoms with van der Waals surface area (Å²) in [6.45, 7) is 3.80. The van der Waals surface area contributed by atoms with E-state index in [1.165, 1.54) is 10.6 Å². The number of aryl methyl sites for hydroxylation is 1. The fourth-order valence-electron chi connectivity index (χ4n) is 2.56. The summed E-state index contributed by atoms with van der Waals surface area (Å²) in [6.07, 6.45) is 2.91. The van der Waals surface area contributed by atoms with E-state index in [1.807, 2.05) is 31.2 Å². The van der Waals surface area contributed by atoms with Crippen molar-refractivity contribution in [2.24, 2.45) is 16.6 Å². The van der Waals surface area contributed by atoms with Crippen LogP contribution in [0.4, 0.5) is 5.69 Å². The normalized spacial score (nSPS) is 18.4. The summed E-state index contributed by atoms with van der Waals surface area (Å²) in [4.78, 5) is 4.38. The van der Waals surface area contributed by atoms with Gasteiger partial charge in [0, 0.05) is 25.3 Å². The van der Waals surface area contributed by atoms with Crippen molar-refractivity contribution in [2.45, 2.75) is 19.8 Å². The quantitative estimate of drug-likeness (QED) is 0.647. The summed E-state index contributed by atoms with van der Waals surface area (Å²) in [5, 5.41) is 3.08. The molecule has 0 saturated carbocycles. The minimum Gasteiger partial charge on any atom is -0.370 e. The number of nitrogens with zero attached hydrogens (tertiary/aromatic N) is 2. The van der Waals surface area contributed by atoms with Gasteiger partial charge in [-0.1, -0.05) is 12.1 Å². The molecule has 3 N–H and O–H groups in total. The number of hydrogen-bond donors (Lipinski definition) is 2. The minimum atomic E-state index is -3.06. The lowest BCUT2D eigenvalue weighted by Crippen LogP contribution is -2.38. The van der Waals surface area contributed by atoms with Gasteiger partial charge >= 0.3 is 0 Å². The molecule has 0 bridgehead atoms. The number of hydrogen-bond acceptors (Lipinski definition) is 3. The average Bonchev–Trinajstić information content (AvgIpc) is 2.45. The number of anilines is 1. The molecule has 22 heavy (non-hydrogen) atoms. The Balaban J connectivity index is 1.82. The van der Waals surface area contributed by atoms with Crippen molar-refractivity contribution < 1.29 is 8.42 Å². The molecule has 0 spiro atoms. The van der Waals surface area contributed by atoms with Gasteiger partial charge in [-0.2, -0.15) is 0 Å². The Morgan fingerprint density at radius 3 is 2.68 bits per heavy atom. The van der Waals surface area contributed by atoms with Crippen LogP contribution >= 0.6 is 0 Å². The van der Waals surface area contributed by atoms with Gasteiger partial charge in [-0.25, -0.2) is 12.7 Å². The van der Waals surface area contributed by atoms with Crippen LogP contribution in [0.25, 0.3) is 0 Å². The molecule has 1 fully saturated rings. The molecule has 1 aromatic carbocycles. The molecule has 0 unspecified atom stereocenters. The van der Waals surface area contributed by atoms with Gasteiger partial charge < -0.3 is 11.1 Å². The molecule has 0 radical (unpaired) electrons. The van der Waals surface area contributed by atoms with Crippen LogP contribution in [-0.2, 0) is 10.0 Å². The first-order valence-corrected chi connectivity index (χ1v) is 9.28. The first kappa shape index (κ1) is 16.8. The molecule has 0 amide bonds. The van der Waals surface area contributed by atoms with Crippen LogP contribution in [-0.4, -0.2) is 44.6 Å². The van der Waals surface area contributed by atoms with Crippen LogP contribution in [0.5, 0.6) is 0 Å². The molecule has 122 valence electrons. The lowest BCUT2D eigenvalue weighted by molar-refractivity contribution is 0.280. The molecule has 0 atom stereocenters. The van der Waals surface area contributed by atoms with Crippen LogP contribution < -0.4 is 11.1 Å². The summed E-state index contributed by atoms with van der Waals surface area (Å²) in [6, 6.07) is 7.94. The van der Waals surface area contributed by atoms with Gasteiger partial charge in [-0.15, -0.1) is 0 Å². The van der Waals surface area contributed by atoms with Crippen LogP contribution in [0.1, 0.15) is 18.4 Å². The highest BCUT2D eigenvalue weighted by Crippen LogP contribution is 2.19. The highest BCUT2D eigenvalue weighted by Gasteiger charge is 2.24. The molecule has 6 nitrogen and oxygen atoms in total. The smallest absolute Gasteiger partial charge is 0.211 e. The number of aliphatic imine (C=N–C) groups is 1. The van der Waals surface area contributed by atoms with Crippen molar-refractivity contribution in [2.75, 3.05) is 31.2 Å². The van der Waals surface area contributed by atoms with E-state index in [-0.39, 0.29) is 0 Å². The molecule has 1 saturated heterocycles. The van der Waals surface area contributed by atoms with Gasteiger partial charge in [0.2, 0.25) is 10.0 Å². The van der Waals surface area contributed by atoms with Gasteiger partial charge in [0.1, 0.15) is 0 Å². The van der Waals surface area contributed by atoms with E-state index in [9.17, 15) is 8.42 Å². The number of sulfonamides is 1. The Kier molecular flexibility index (Phi) is 5.42. The second kappa shape index (κ2) is 7.11. The first-order chi connectivity index (χ1) is 10.3. The highest BCUT2D eigenvalue weighted by atomic mass is 32.2. The van der Waals surface area contributed by atoms with E-state index < -0.39 is 10.0 Å². The molecule has 7 heteroatoms. The number of rotatable bonds is 4. The Bertz CT molecular complexity index is 635. The second-order valence-corrected chi connectivity index (χ2v) is 7.81. The van der Waals surface area contributed by atoms with E-state index in [4.69, 9.17) is 5.73 Å². The van der Waals surface area contributed by atoms with Crippen molar-refractivity contribution in [3.8, 4) is 0 Å². The summed E-state index contributed by atoms with van der Waals surface area (Å²) in [5.41, 5.74) is 7.98. The zero-order valence-corrected chi connectivity index (χ0v) is 13.9. The van der Waals surface area contributed by atoms with E-state index >= 15 is 0 Å². The minimum absolute atomic E-state index is 0.385. The third-order valence-electron chi connectivity index (χ3n) is 3.85. The predicted octanol–water partition coefficient (Wildman–Crippen LogP) is 1.39. The molecular weight excluding hydrogens is 300 g/mol. The predicted molar refractivity (Wildman–Crippen MR) is 90.4 cm³/mol. The standard InChI is InChI=1S/C15H24N4O2S/c1-12-4-3-5-14(10-12)18-15(16)17-11-13-6-8-19(9-7-13)22(2,20)21/h3-5,10,13H,6-9,11H2,1-2H3,(H3,16,17,18). The van der Waals surface area contributed by atoms with Crippen molar-refractivity contribution in [3.05, 3.63) is 29.8 Å². The number of nitrogens with one attached hydrogen (secondary N) is 1. The number of benzene rings is 1. The lowest BCUT2D eigenvalue weighted by atomic mass is 9.98. The second-order valence-electron chi connectivity index (χ2n) is 5.83. The van der Waals surface area contributed by atoms with Crippen molar-refractivity contribution in [3.63, 3.8) is 0 Å². The number of nitrogens with two attached hydrogens (primary N) is 1. The highest BCUT2D eigenvalue weighted by molar-refractivity contribution is 7.88. The summed E-state index contributed by atoms with van der Waals surface area (Å²) in [7, 11) is -3.06. The number of guanidine groups is 1. The van der Waals surface area contributed by atoms with Crippen LogP contribution in [0.3, 0.4) is 0 Å². The van der Waals surface area contributed by atoms with Crippen molar-refractivity contribution in [1.29, 1.82) is 0 Å². The van der Waals surface area contributed by atoms with E-state index in [0.717, 1.165) is 24.1 Å². The summed E-state index contributed by atoms with van der Waals surface area (Å²) >= 11 is 0. The molecule has 1 heterocycles. The Hall–Kier alpha value is -1.60. The van der Waals surface area contributed by atoms with Crippen molar-refractivity contribution >= 4 is 21.7 Å². The average molecular weight is 324 g/mol. The summed E-state index contributed by atoms with van der Waals surface area (Å²) in [5.74, 6) is 0.784. The molecule has 0 aliphatic carbocycles. The fourth-order valence-corrected chi connectivity index (χ4v) is 3.44. The zero-order chi connectivity index (χ0) is 16.2. The third kappa shape index (κ3) is 4.99. The molecule has 1 aliphatic heterocycles.